The zero-order valence-electron chi connectivity index (χ0n) is 11.8. The van der Waals surface area contributed by atoms with Gasteiger partial charge < -0.3 is 10.2 Å². The van der Waals surface area contributed by atoms with Crippen molar-refractivity contribution in [2.75, 3.05) is 18.0 Å². The summed E-state index contributed by atoms with van der Waals surface area (Å²) in [5.74, 6) is 0. The van der Waals surface area contributed by atoms with Crippen LogP contribution in [-0.2, 0) is 0 Å². The maximum atomic E-state index is 10.8. The highest BCUT2D eigenvalue weighted by Crippen LogP contribution is 2.29. The van der Waals surface area contributed by atoms with Gasteiger partial charge >= 0.3 is 0 Å². The molecule has 1 aliphatic heterocycles. The summed E-state index contributed by atoms with van der Waals surface area (Å²) in [6, 6.07) is 5.99. The molecule has 1 atom stereocenters. The van der Waals surface area contributed by atoms with Crippen LogP contribution in [0.15, 0.2) is 18.2 Å². The lowest BCUT2D eigenvalue weighted by Gasteiger charge is -2.32. The van der Waals surface area contributed by atoms with Gasteiger partial charge in [0.2, 0.25) is 0 Å². The van der Waals surface area contributed by atoms with Gasteiger partial charge in [0.05, 0.1) is 10.6 Å². The third kappa shape index (κ3) is 3.60. The summed E-state index contributed by atoms with van der Waals surface area (Å²) < 4.78 is 0.934. The van der Waals surface area contributed by atoms with Crippen LogP contribution in [0.5, 0.6) is 0 Å². The number of non-ortho nitro benzene ring substituents is 1. The fourth-order valence-corrected chi connectivity index (χ4v) is 3.39. The highest BCUT2D eigenvalue weighted by molar-refractivity contribution is 14.1. The largest absolute Gasteiger partial charge is 0.367 e. The molecule has 1 heterocycles. The molecule has 1 aromatic carbocycles. The molecule has 1 fully saturated rings. The Labute approximate surface area is 133 Å². The Kier molecular flexibility index (Phi) is 5.20. The van der Waals surface area contributed by atoms with E-state index in [0.29, 0.717) is 12.1 Å². The fraction of sp³-hybridized carbons (Fsp3) is 0.571. The minimum Gasteiger partial charge on any atom is -0.367 e. The molecular formula is C14H20IN3O2. The van der Waals surface area contributed by atoms with E-state index in [1.165, 1.54) is 12.8 Å². The number of hydrogen-bond acceptors (Lipinski definition) is 4. The first-order valence-corrected chi connectivity index (χ1v) is 8.01. The van der Waals surface area contributed by atoms with Crippen molar-refractivity contribution in [3.05, 3.63) is 31.9 Å². The molecule has 110 valence electrons. The first-order chi connectivity index (χ1) is 9.49. The van der Waals surface area contributed by atoms with E-state index in [0.717, 1.165) is 22.3 Å². The van der Waals surface area contributed by atoms with Gasteiger partial charge in [-0.15, -0.1) is 0 Å². The summed E-state index contributed by atoms with van der Waals surface area (Å²) in [6.07, 6.45) is 2.43. The molecule has 1 unspecified atom stereocenters. The van der Waals surface area contributed by atoms with E-state index in [9.17, 15) is 10.1 Å². The molecule has 0 radical (unpaired) electrons. The Balaban J connectivity index is 2.22. The number of rotatable bonds is 5. The molecule has 0 aliphatic carbocycles. The standard InChI is InChI=1S/C14H20IN3O2/c1-10(2)17(9-11-4-3-7-16-11)14-6-5-12(18(19)20)8-13(14)15/h5-6,8,10-11,16H,3-4,7,9H2,1-2H3. The van der Waals surface area contributed by atoms with Crippen LogP contribution in [0.4, 0.5) is 11.4 Å². The SMILES string of the molecule is CC(C)N(CC1CCCN1)c1ccc([N+](=O)[O-])cc1I. The highest BCUT2D eigenvalue weighted by atomic mass is 127. The van der Waals surface area contributed by atoms with Crippen LogP contribution in [0.25, 0.3) is 0 Å². The maximum absolute atomic E-state index is 10.8. The maximum Gasteiger partial charge on any atom is 0.270 e. The van der Waals surface area contributed by atoms with E-state index >= 15 is 0 Å². The molecular weight excluding hydrogens is 369 g/mol. The molecule has 0 aromatic heterocycles. The molecule has 20 heavy (non-hydrogen) atoms. The van der Waals surface area contributed by atoms with Crippen molar-refractivity contribution in [2.45, 2.75) is 38.8 Å². The average Bonchev–Trinajstić information content (AvgIpc) is 2.89. The molecule has 1 aliphatic rings. The number of nitro benzene ring substituents is 1. The number of halogens is 1. The Hall–Kier alpha value is -0.890. The van der Waals surface area contributed by atoms with Gasteiger partial charge in [-0.3, -0.25) is 10.1 Å². The van der Waals surface area contributed by atoms with Crippen molar-refractivity contribution in [3.63, 3.8) is 0 Å². The van der Waals surface area contributed by atoms with E-state index in [1.54, 1.807) is 12.1 Å². The van der Waals surface area contributed by atoms with Gasteiger partial charge in [-0.1, -0.05) is 0 Å². The second kappa shape index (κ2) is 6.71. The van der Waals surface area contributed by atoms with Gasteiger partial charge in [0.25, 0.3) is 5.69 Å². The summed E-state index contributed by atoms with van der Waals surface area (Å²) >= 11 is 2.19. The smallest absolute Gasteiger partial charge is 0.270 e. The number of nitrogens with one attached hydrogen (secondary N) is 1. The molecule has 0 saturated carbocycles. The molecule has 0 spiro atoms. The van der Waals surface area contributed by atoms with Crippen LogP contribution in [-0.4, -0.2) is 30.1 Å². The lowest BCUT2D eigenvalue weighted by atomic mass is 10.1. The van der Waals surface area contributed by atoms with Crippen LogP contribution in [0, 0.1) is 13.7 Å². The molecule has 1 saturated heterocycles. The zero-order valence-corrected chi connectivity index (χ0v) is 14.0. The van der Waals surface area contributed by atoms with E-state index in [4.69, 9.17) is 0 Å². The normalized spacial score (nSPS) is 18.5. The first kappa shape index (κ1) is 15.5. The summed E-state index contributed by atoms with van der Waals surface area (Å²) in [5, 5.41) is 14.3. The lowest BCUT2D eigenvalue weighted by Crippen LogP contribution is -2.41. The predicted octanol–water partition coefficient (Wildman–Crippen LogP) is 3.17. The summed E-state index contributed by atoms with van der Waals surface area (Å²) in [6.45, 7) is 6.36. The second-order valence-electron chi connectivity index (χ2n) is 5.43. The second-order valence-corrected chi connectivity index (χ2v) is 6.59. The first-order valence-electron chi connectivity index (χ1n) is 6.93. The quantitative estimate of drug-likeness (QED) is 0.478. The third-order valence-electron chi connectivity index (χ3n) is 3.65. The van der Waals surface area contributed by atoms with Gasteiger partial charge in [0, 0.05) is 34.3 Å². The Morgan fingerprint density at radius 2 is 2.30 bits per heavy atom. The van der Waals surface area contributed by atoms with Crippen molar-refractivity contribution in [3.8, 4) is 0 Å². The Morgan fingerprint density at radius 1 is 1.55 bits per heavy atom. The van der Waals surface area contributed by atoms with Crippen molar-refractivity contribution in [1.29, 1.82) is 0 Å². The lowest BCUT2D eigenvalue weighted by molar-refractivity contribution is -0.384. The number of hydrogen-bond donors (Lipinski definition) is 1. The third-order valence-corrected chi connectivity index (χ3v) is 4.52. The number of benzene rings is 1. The number of nitro groups is 1. The fourth-order valence-electron chi connectivity index (χ4n) is 2.58. The summed E-state index contributed by atoms with van der Waals surface area (Å²) in [4.78, 5) is 12.8. The topological polar surface area (TPSA) is 58.4 Å². The Bertz CT molecular complexity index is 487. The summed E-state index contributed by atoms with van der Waals surface area (Å²) in [5.41, 5.74) is 1.24. The van der Waals surface area contributed by atoms with Crippen LogP contribution in [0.2, 0.25) is 0 Å². The van der Waals surface area contributed by atoms with E-state index in [1.807, 2.05) is 6.07 Å². The van der Waals surface area contributed by atoms with Crippen molar-refractivity contribution < 1.29 is 4.92 Å². The van der Waals surface area contributed by atoms with Crippen molar-refractivity contribution >= 4 is 34.0 Å². The average molecular weight is 389 g/mol. The number of anilines is 1. The van der Waals surface area contributed by atoms with E-state index < -0.39 is 0 Å². The highest BCUT2D eigenvalue weighted by Gasteiger charge is 2.22. The van der Waals surface area contributed by atoms with Gasteiger partial charge in [-0.2, -0.15) is 0 Å². The molecule has 1 aromatic rings. The van der Waals surface area contributed by atoms with E-state index in [2.05, 4.69) is 46.7 Å². The Morgan fingerprint density at radius 3 is 2.80 bits per heavy atom. The van der Waals surface area contributed by atoms with Crippen LogP contribution in [0.3, 0.4) is 0 Å². The minimum atomic E-state index is -0.343. The molecule has 0 amide bonds. The molecule has 6 heteroatoms. The molecule has 2 rings (SSSR count). The predicted molar refractivity (Wildman–Crippen MR) is 89.3 cm³/mol. The van der Waals surface area contributed by atoms with Crippen molar-refractivity contribution in [2.24, 2.45) is 0 Å². The zero-order chi connectivity index (χ0) is 14.7. The molecule has 1 N–H and O–H groups in total. The van der Waals surface area contributed by atoms with Crippen LogP contribution in [0.1, 0.15) is 26.7 Å². The van der Waals surface area contributed by atoms with E-state index in [-0.39, 0.29) is 10.6 Å². The van der Waals surface area contributed by atoms with Gasteiger partial charge in [0.1, 0.15) is 0 Å². The minimum absolute atomic E-state index is 0.154. The van der Waals surface area contributed by atoms with Gasteiger partial charge in [-0.05, 0) is 61.9 Å². The monoisotopic (exact) mass is 389 g/mol. The number of nitrogens with zero attached hydrogens (tertiary/aromatic N) is 2. The van der Waals surface area contributed by atoms with Gasteiger partial charge in [0.15, 0.2) is 0 Å². The van der Waals surface area contributed by atoms with Gasteiger partial charge in [-0.25, -0.2) is 0 Å². The summed E-state index contributed by atoms with van der Waals surface area (Å²) in [7, 11) is 0. The van der Waals surface area contributed by atoms with Crippen LogP contribution >= 0.6 is 22.6 Å². The molecule has 5 nitrogen and oxygen atoms in total. The van der Waals surface area contributed by atoms with Crippen molar-refractivity contribution in [1.82, 2.24) is 5.32 Å². The molecule has 0 bridgehead atoms. The van der Waals surface area contributed by atoms with Crippen LogP contribution < -0.4 is 10.2 Å².